The summed E-state index contributed by atoms with van der Waals surface area (Å²) in [5.74, 6) is 1.70. The maximum atomic E-state index is 6.92. The standard InChI is InChI=1S/C58H39NO/c1-4-13-40(14-5-1)43-23-30-49(31-24-43)59(50-32-25-44(26-33-50)41-15-6-2-7-16-41)51-34-27-45(28-35-51)52-21-12-22-57-58(52)55-39-47-20-11-10-19-46(47)37-53(55)54-38-48(29-36-56(54)60-57)42-17-8-3-9-18-42/h1-39H. The minimum atomic E-state index is 0.845. The number of fused-ring (bicyclic) bond motifs is 6. The van der Waals surface area contributed by atoms with Gasteiger partial charge in [-0.3, -0.25) is 0 Å². The topological polar surface area (TPSA) is 12.5 Å². The maximum Gasteiger partial charge on any atom is 0.135 e. The molecule has 0 unspecified atom stereocenters. The molecule has 2 nitrogen and oxygen atoms in total. The van der Waals surface area contributed by atoms with Gasteiger partial charge in [-0.25, -0.2) is 0 Å². The minimum absolute atomic E-state index is 0.845. The van der Waals surface area contributed by atoms with Crippen LogP contribution in [-0.4, -0.2) is 0 Å². The molecule has 2 heteroatoms. The monoisotopic (exact) mass is 765 g/mol. The zero-order valence-corrected chi connectivity index (χ0v) is 32.9. The summed E-state index contributed by atoms with van der Waals surface area (Å²) in [4.78, 5) is 2.34. The van der Waals surface area contributed by atoms with Crippen molar-refractivity contribution in [2.24, 2.45) is 0 Å². The van der Waals surface area contributed by atoms with Gasteiger partial charge < -0.3 is 9.64 Å². The van der Waals surface area contributed by atoms with Crippen molar-refractivity contribution < 1.29 is 4.74 Å². The Morgan fingerprint density at radius 3 is 1.22 bits per heavy atom. The molecule has 11 rings (SSSR count). The first-order valence-corrected chi connectivity index (χ1v) is 20.5. The van der Waals surface area contributed by atoms with E-state index in [0.29, 0.717) is 0 Å². The van der Waals surface area contributed by atoms with Gasteiger partial charge in [-0.1, -0.05) is 170 Å². The molecule has 0 atom stereocenters. The van der Waals surface area contributed by atoms with Crippen LogP contribution in [0.25, 0.3) is 77.5 Å². The van der Waals surface area contributed by atoms with Crippen LogP contribution in [-0.2, 0) is 0 Å². The second kappa shape index (κ2) is 15.1. The molecule has 1 aliphatic rings. The van der Waals surface area contributed by atoms with Crippen LogP contribution < -0.4 is 9.64 Å². The summed E-state index contributed by atoms with van der Waals surface area (Å²) in [5, 5.41) is 2.40. The summed E-state index contributed by atoms with van der Waals surface area (Å²) >= 11 is 0. The zero-order valence-electron chi connectivity index (χ0n) is 32.9. The van der Waals surface area contributed by atoms with Gasteiger partial charge in [0.05, 0.1) is 0 Å². The molecule has 282 valence electrons. The lowest BCUT2D eigenvalue weighted by Gasteiger charge is -2.26. The number of nitrogens with zero attached hydrogens (tertiary/aromatic N) is 1. The molecule has 0 amide bonds. The first kappa shape index (κ1) is 35.2. The highest BCUT2D eigenvalue weighted by Crippen LogP contribution is 2.52. The van der Waals surface area contributed by atoms with Gasteiger partial charge in [0, 0.05) is 28.2 Å². The van der Waals surface area contributed by atoms with Gasteiger partial charge in [-0.05, 0) is 133 Å². The molecule has 0 aliphatic carbocycles. The Hall–Kier alpha value is -7.94. The van der Waals surface area contributed by atoms with Crippen LogP contribution in [0.4, 0.5) is 17.1 Å². The largest absolute Gasteiger partial charge is 0.456 e. The Bertz CT molecular complexity index is 3040. The van der Waals surface area contributed by atoms with E-state index in [2.05, 4.69) is 241 Å². The summed E-state index contributed by atoms with van der Waals surface area (Å²) in [6, 6.07) is 84.7. The van der Waals surface area contributed by atoms with Gasteiger partial charge in [0.1, 0.15) is 11.5 Å². The Labute approximate surface area is 350 Å². The third kappa shape index (κ3) is 6.51. The van der Waals surface area contributed by atoms with E-state index < -0.39 is 0 Å². The van der Waals surface area contributed by atoms with E-state index >= 15 is 0 Å². The van der Waals surface area contributed by atoms with Gasteiger partial charge in [0.25, 0.3) is 0 Å². The quantitative estimate of drug-likeness (QED) is 0.160. The van der Waals surface area contributed by atoms with E-state index in [1.807, 2.05) is 0 Å². The molecule has 0 fully saturated rings. The minimum Gasteiger partial charge on any atom is -0.456 e. The molecule has 0 radical (unpaired) electrons. The Morgan fingerprint density at radius 2 is 0.683 bits per heavy atom. The maximum absolute atomic E-state index is 6.92. The zero-order chi connectivity index (χ0) is 39.8. The summed E-state index contributed by atoms with van der Waals surface area (Å²) in [5.41, 5.74) is 17.1. The number of ether oxygens (including phenoxy) is 1. The van der Waals surface area contributed by atoms with E-state index in [4.69, 9.17) is 4.74 Å². The van der Waals surface area contributed by atoms with Crippen LogP contribution >= 0.6 is 0 Å². The van der Waals surface area contributed by atoms with Crippen molar-refractivity contribution in [2.75, 3.05) is 4.90 Å². The van der Waals surface area contributed by atoms with Crippen molar-refractivity contribution in [2.45, 2.75) is 0 Å². The highest BCUT2D eigenvalue weighted by Gasteiger charge is 2.25. The molecule has 60 heavy (non-hydrogen) atoms. The predicted octanol–water partition coefficient (Wildman–Crippen LogP) is 16.4. The number of hydrogen-bond acceptors (Lipinski definition) is 2. The van der Waals surface area contributed by atoms with Crippen molar-refractivity contribution in [3.8, 4) is 78.3 Å². The molecule has 0 aromatic heterocycles. The molecule has 10 aromatic rings. The third-order valence-corrected chi connectivity index (χ3v) is 11.7. The smallest absolute Gasteiger partial charge is 0.135 e. The average Bonchev–Trinajstić information content (AvgIpc) is 3.46. The first-order valence-electron chi connectivity index (χ1n) is 20.5. The molecular weight excluding hydrogens is 727 g/mol. The summed E-state index contributed by atoms with van der Waals surface area (Å²) < 4.78 is 6.92. The van der Waals surface area contributed by atoms with Crippen LogP contribution in [0.15, 0.2) is 237 Å². The molecule has 10 aromatic carbocycles. The van der Waals surface area contributed by atoms with Crippen LogP contribution in [0.5, 0.6) is 11.5 Å². The van der Waals surface area contributed by atoms with E-state index in [1.54, 1.807) is 0 Å². The lowest BCUT2D eigenvalue weighted by Crippen LogP contribution is -2.09. The van der Waals surface area contributed by atoms with Gasteiger partial charge in [0.15, 0.2) is 0 Å². The molecule has 0 spiro atoms. The molecular formula is C58H39NO. The fraction of sp³-hybridized carbons (Fsp3) is 0. The van der Waals surface area contributed by atoms with Gasteiger partial charge in [-0.2, -0.15) is 0 Å². The fourth-order valence-corrected chi connectivity index (χ4v) is 8.67. The molecule has 0 saturated carbocycles. The SMILES string of the molecule is c1ccc(-c2ccc(N(c3ccc(-c4ccccc4)cc3)c3ccc(-c4cccc5c4-c4cc6ccccc6cc4-c4cc(-c6ccccc6)ccc4O5)cc3)cc2)cc1. The van der Waals surface area contributed by atoms with Crippen molar-refractivity contribution in [1.82, 2.24) is 0 Å². The van der Waals surface area contributed by atoms with E-state index in [0.717, 1.165) is 67.5 Å². The summed E-state index contributed by atoms with van der Waals surface area (Å²) in [6.07, 6.45) is 0. The number of rotatable bonds is 7. The fourth-order valence-electron chi connectivity index (χ4n) is 8.67. The molecule has 0 bridgehead atoms. The third-order valence-electron chi connectivity index (χ3n) is 11.7. The van der Waals surface area contributed by atoms with Crippen LogP contribution in [0.1, 0.15) is 0 Å². The van der Waals surface area contributed by atoms with Crippen molar-refractivity contribution in [3.63, 3.8) is 0 Å². The number of anilines is 3. The van der Waals surface area contributed by atoms with Gasteiger partial charge in [0.2, 0.25) is 0 Å². The lowest BCUT2D eigenvalue weighted by molar-refractivity contribution is 0.488. The Morgan fingerprint density at radius 1 is 0.250 bits per heavy atom. The Kier molecular flexibility index (Phi) is 8.87. The first-order chi connectivity index (χ1) is 29.7. The van der Waals surface area contributed by atoms with E-state index in [-0.39, 0.29) is 0 Å². The lowest BCUT2D eigenvalue weighted by atomic mass is 9.87. The second-order valence-electron chi connectivity index (χ2n) is 15.3. The van der Waals surface area contributed by atoms with Gasteiger partial charge >= 0.3 is 0 Å². The molecule has 1 aliphatic heterocycles. The van der Waals surface area contributed by atoms with Crippen LogP contribution in [0.2, 0.25) is 0 Å². The summed E-state index contributed by atoms with van der Waals surface area (Å²) in [6.45, 7) is 0. The average molecular weight is 766 g/mol. The van der Waals surface area contributed by atoms with E-state index in [1.165, 1.54) is 38.6 Å². The highest BCUT2D eigenvalue weighted by molar-refractivity contribution is 6.04. The Balaban J connectivity index is 1.02. The normalized spacial score (nSPS) is 11.5. The van der Waals surface area contributed by atoms with Crippen molar-refractivity contribution >= 4 is 27.8 Å². The second-order valence-corrected chi connectivity index (χ2v) is 15.3. The number of hydrogen-bond donors (Lipinski definition) is 0. The molecule has 1 heterocycles. The highest BCUT2D eigenvalue weighted by atomic mass is 16.5. The molecule has 0 N–H and O–H groups in total. The number of benzene rings is 10. The van der Waals surface area contributed by atoms with Gasteiger partial charge in [-0.15, -0.1) is 0 Å². The van der Waals surface area contributed by atoms with Crippen molar-refractivity contribution in [3.05, 3.63) is 237 Å². The van der Waals surface area contributed by atoms with Crippen LogP contribution in [0.3, 0.4) is 0 Å². The van der Waals surface area contributed by atoms with E-state index in [9.17, 15) is 0 Å². The molecule has 0 saturated heterocycles. The predicted molar refractivity (Wildman–Crippen MR) is 251 cm³/mol. The van der Waals surface area contributed by atoms with Crippen molar-refractivity contribution in [1.29, 1.82) is 0 Å². The summed E-state index contributed by atoms with van der Waals surface area (Å²) in [7, 11) is 0. The van der Waals surface area contributed by atoms with Crippen LogP contribution in [0, 0.1) is 0 Å².